The SMILES string of the molecule is CCC(C)[C@H](NC(C)=O)C(=O)NC(CCC(C)C)C[C@H](O)C(Cc1ccccc1)NC(=O)[C@@H](NC(C)=O)C(C)C. The van der Waals surface area contributed by atoms with Crippen molar-refractivity contribution in [2.24, 2.45) is 17.8 Å². The van der Waals surface area contributed by atoms with Gasteiger partial charge in [-0.3, -0.25) is 19.2 Å². The Kier molecular flexibility index (Phi) is 15.5. The van der Waals surface area contributed by atoms with Crippen LogP contribution in [0.5, 0.6) is 0 Å². The Labute approximate surface area is 240 Å². The van der Waals surface area contributed by atoms with Gasteiger partial charge in [-0.1, -0.05) is 78.3 Å². The van der Waals surface area contributed by atoms with Crippen molar-refractivity contribution in [3.63, 3.8) is 0 Å². The molecule has 5 N–H and O–H groups in total. The summed E-state index contributed by atoms with van der Waals surface area (Å²) in [5.41, 5.74) is 0.942. The molecule has 1 aromatic carbocycles. The van der Waals surface area contributed by atoms with Gasteiger partial charge in [0.25, 0.3) is 0 Å². The molecule has 226 valence electrons. The van der Waals surface area contributed by atoms with Crippen molar-refractivity contribution in [1.82, 2.24) is 21.3 Å². The average molecular weight is 561 g/mol. The van der Waals surface area contributed by atoms with Gasteiger partial charge in [0, 0.05) is 19.9 Å². The summed E-state index contributed by atoms with van der Waals surface area (Å²) < 4.78 is 0. The van der Waals surface area contributed by atoms with E-state index in [1.54, 1.807) is 0 Å². The summed E-state index contributed by atoms with van der Waals surface area (Å²) in [5.74, 6) is -1.05. The van der Waals surface area contributed by atoms with Crippen molar-refractivity contribution >= 4 is 23.6 Å². The molecule has 0 aromatic heterocycles. The van der Waals surface area contributed by atoms with Crippen LogP contribution in [0.1, 0.15) is 86.6 Å². The summed E-state index contributed by atoms with van der Waals surface area (Å²) in [6.07, 6.45) is 1.81. The predicted octanol–water partition coefficient (Wildman–Crippen LogP) is 3.10. The van der Waals surface area contributed by atoms with Gasteiger partial charge in [0.15, 0.2) is 0 Å². The van der Waals surface area contributed by atoms with E-state index in [1.165, 1.54) is 13.8 Å². The van der Waals surface area contributed by atoms with Gasteiger partial charge in [-0.15, -0.1) is 0 Å². The fourth-order valence-electron chi connectivity index (χ4n) is 4.63. The molecule has 4 amide bonds. The van der Waals surface area contributed by atoms with Gasteiger partial charge in [0.1, 0.15) is 12.1 Å². The second-order valence-corrected chi connectivity index (χ2v) is 11.8. The van der Waals surface area contributed by atoms with Crippen LogP contribution in [0, 0.1) is 17.8 Å². The third-order valence-electron chi connectivity index (χ3n) is 7.22. The van der Waals surface area contributed by atoms with Crippen molar-refractivity contribution in [2.75, 3.05) is 0 Å². The smallest absolute Gasteiger partial charge is 0.243 e. The zero-order valence-corrected chi connectivity index (χ0v) is 25.6. The summed E-state index contributed by atoms with van der Waals surface area (Å²) in [7, 11) is 0. The molecule has 9 nitrogen and oxygen atoms in total. The molecular weight excluding hydrogens is 508 g/mol. The number of rotatable bonds is 17. The van der Waals surface area contributed by atoms with E-state index < -0.39 is 24.2 Å². The van der Waals surface area contributed by atoms with Gasteiger partial charge in [0.2, 0.25) is 23.6 Å². The first-order chi connectivity index (χ1) is 18.7. The Bertz CT molecular complexity index is 937. The summed E-state index contributed by atoms with van der Waals surface area (Å²) in [6, 6.07) is 7.14. The van der Waals surface area contributed by atoms with Gasteiger partial charge >= 0.3 is 0 Å². The molecule has 6 atom stereocenters. The maximum absolute atomic E-state index is 13.3. The quantitative estimate of drug-likeness (QED) is 0.199. The minimum atomic E-state index is -0.977. The van der Waals surface area contributed by atoms with E-state index >= 15 is 0 Å². The summed E-state index contributed by atoms with van der Waals surface area (Å²) in [5, 5.41) is 23.0. The number of amides is 4. The Hall–Kier alpha value is -2.94. The molecule has 0 heterocycles. The molecule has 3 unspecified atom stereocenters. The van der Waals surface area contributed by atoms with Gasteiger partial charge in [0.05, 0.1) is 12.1 Å². The fraction of sp³-hybridized carbons (Fsp3) is 0.677. The molecule has 0 aliphatic carbocycles. The molecule has 0 spiro atoms. The van der Waals surface area contributed by atoms with Gasteiger partial charge < -0.3 is 26.4 Å². The average Bonchev–Trinajstić information content (AvgIpc) is 2.88. The maximum Gasteiger partial charge on any atom is 0.243 e. The lowest BCUT2D eigenvalue weighted by Crippen LogP contribution is -2.56. The molecule has 1 rings (SSSR count). The number of carbonyl (C=O) groups is 4. The van der Waals surface area contributed by atoms with Crippen LogP contribution in [0.25, 0.3) is 0 Å². The number of aliphatic hydroxyl groups is 1. The van der Waals surface area contributed by atoms with E-state index in [2.05, 4.69) is 35.1 Å². The lowest BCUT2D eigenvalue weighted by molar-refractivity contribution is -0.130. The lowest BCUT2D eigenvalue weighted by atomic mass is 9.91. The standard InChI is InChI=1S/C31H52N4O5/c1-9-21(6)29(33-23(8)37)31(40)34-25(16-15-19(2)3)18-27(38)26(17-24-13-11-10-12-14-24)35-30(39)28(20(4)5)32-22(7)36/h10-14,19-21,25-29,38H,9,15-18H2,1-8H3,(H,32,36)(H,33,37)(H,34,40)(H,35,39)/t21?,25?,26?,27-,28-,29-/m0/s1. The van der Waals surface area contributed by atoms with E-state index in [1.807, 2.05) is 58.0 Å². The van der Waals surface area contributed by atoms with E-state index in [0.29, 0.717) is 25.2 Å². The lowest BCUT2D eigenvalue weighted by Gasteiger charge is -2.32. The molecule has 0 aliphatic rings. The second kappa shape index (κ2) is 17.7. The highest BCUT2D eigenvalue weighted by Gasteiger charge is 2.32. The van der Waals surface area contributed by atoms with Crippen LogP contribution >= 0.6 is 0 Å². The number of hydrogen-bond donors (Lipinski definition) is 5. The largest absolute Gasteiger partial charge is 0.391 e. The molecule has 0 radical (unpaired) electrons. The highest BCUT2D eigenvalue weighted by atomic mass is 16.3. The monoisotopic (exact) mass is 560 g/mol. The van der Waals surface area contributed by atoms with Crippen LogP contribution in [0.2, 0.25) is 0 Å². The molecular formula is C31H52N4O5. The molecule has 40 heavy (non-hydrogen) atoms. The number of benzene rings is 1. The van der Waals surface area contributed by atoms with Crippen molar-refractivity contribution in [1.29, 1.82) is 0 Å². The third kappa shape index (κ3) is 12.9. The first-order valence-electron chi connectivity index (χ1n) is 14.6. The Morgan fingerprint density at radius 1 is 0.775 bits per heavy atom. The van der Waals surface area contributed by atoms with Gasteiger partial charge in [-0.25, -0.2) is 0 Å². The predicted molar refractivity (Wildman–Crippen MR) is 158 cm³/mol. The summed E-state index contributed by atoms with van der Waals surface area (Å²) >= 11 is 0. The number of nitrogens with one attached hydrogen (secondary N) is 4. The highest BCUT2D eigenvalue weighted by Crippen LogP contribution is 2.17. The molecule has 0 aliphatic heterocycles. The van der Waals surface area contributed by atoms with Crippen molar-refractivity contribution in [3.05, 3.63) is 35.9 Å². The van der Waals surface area contributed by atoms with Crippen LogP contribution in [-0.2, 0) is 25.6 Å². The first-order valence-corrected chi connectivity index (χ1v) is 14.6. The molecule has 0 saturated heterocycles. The molecule has 9 heteroatoms. The topological polar surface area (TPSA) is 137 Å². The van der Waals surface area contributed by atoms with Crippen molar-refractivity contribution < 1.29 is 24.3 Å². The molecule has 1 aromatic rings. The van der Waals surface area contributed by atoms with Crippen LogP contribution in [0.4, 0.5) is 0 Å². The number of hydrogen-bond acceptors (Lipinski definition) is 5. The number of aliphatic hydroxyl groups excluding tert-OH is 1. The molecule has 0 fully saturated rings. The second-order valence-electron chi connectivity index (χ2n) is 11.8. The Balaban J connectivity index is 3.21. The van der Waals surface area contributed by atoms with Crippen LogP contribution < -0.4 is 21.3 Å². The number of carbonyl (C=O) groups excluding carboxylic acids is 4. The fourth-order valence-corrected chi connectivity index (χ4v) is 4.63. The van der Waals surface area contributed by atoms with Crippen molar-refractivity contribution in [2.45, 2.75) is 118 Å². The summed E-state index contributed by atoms with van der Waals surface area (Å²) in [4.78, 5) is 50.1. The molecule has 0 saturated carbocycles. The Morgan fingerprint density at radius 3 is 1.82 bits per heavy atom. The first kappa shape index (κ1) is 35.1. The maximum atomic E-state index is 13.3. The van der Waals surface area contributed by atoms with Crippen LogP contribution in [-0.4, -0.2) is 59.0 Å². The zero-order chi connectivity index (χ0) is 30.4. The Morgan fingerprint density at radius 2 is 1.32 bits per heavy atom. The third-order valence-corrected chi connectivity index (χ3v) is 7.22. The molecule has 0 bridgehead atoms. The highest BCUT2D eigenvalue weighted by molar-refractivity contribution is 5.88. The van der Waals surface area contributed by atoms with E-state index in [0.717, 1.165) is 12.0 Å². The van der Waals surface area contributed by atoms with E-state index in [9.17, 15) is 24.3 Å². The van der Waals surface area contributed by atoms with Gasteiger partial charge in [-0.2, -0.15) is 0 Å². The zero-order valence-electron chi connectivity index (χ0n) is 25.6. The summed E-state index contributed by atoms with van der Waals surface area (Å²) in [6.45, 7) is 14.5. The van der Waals surface area contributed by atoms with E-state index in [4.69, 9.17) is 0 Å². The van der Waals surface area contributed by atoms with Crippen molar-refractivity contribution in [3.8, 4) is 0 Å². The normalized spacial score (nSPS) is 15.9. The van der Waals surface area contributed by atoms with Crippen LogP contribution in [0.15, 0.2) is 30.3 Å². The van der Waals surface area contributed by atoms with E-state index in [-0.39, 0.29) is 47.9 Å². The van der Waals surface area contributed by atoms with Gasteiger partial charge in [-0.05, 0) is 49.0 Å². The van der Waals surface area contributed by atoms with Crippen LogP contribution in [0.3, 0.4) is 0 Å². The minimum absolute atomic E-state index is 0.0635. The minimum Gasteiger partial charge on any atom is -0.391 e.